The molecule has 0 atom stereocenters. The Balaban J connectivity index is 1.81. The quantitative estimate of drug-likeness (QED) is 0.682. The lowest BCUT2D eigenvalue weighted by Crippen LogP contribution is -2.20. The molecule has 0 unspecified atom stereocenters. The van der Waals surface area contributed by atoms with Crippen LogP contribution in [0.25, 0.3) is 15.9 Å². The van der Waals surface area contributed by atoms with Crippen molar-refractivity contribution < 1.29 is 4.74 Å². The first-order valence-electron chi connectivity index (χ1n) is 7.24. The highest BCUT2D eigenvalue weighted by atomic mass is 32.1. The Morgan fingerprint density at radius 3 is 2.70 bits per heavy atom. The first kappa shape index (κ1) is 14.0. The van der Waals surface area contributed by atoms with Gasteiger partial charge < -0.3 is 9.64 Å². The molecule has 0 N–H and O–H groups in total. The number of methoxy groups -OCH3 is 1. The Hall–Kier alpha value is -2.66. The number of aliphatic imine (C=N–C) groups is 1. The third-order valence-electron chi connectivity index (χ3n) is 3.98. The maximum absolute atomic E-state index is 5.21. The number of thiophene rings is 1. The van der Waals surface area contributed by atoms with Crippen LogP contribution >= 0.6 is 11.3 Å². The molecule has 2 aromatic heterocycles. The van der Waals surface area contributed by atoms with Crippen LogP contribution in [0.15, 0.2) is 48.1 Å². The predicted molar refractivity (Wildman–Crippen MR) is 97.0 cm³/mol. The van der Waals surface area contributed by atoms with Gasteiger partial charge in [-0.1, -0.05) is 6.58 Å². The van der Waals surface area contributed by atoms with E-state index in [0.29, 0.717) is 0 Å². The molecule has 0 radical (unpaired) electrons. The molecule has 1 aliphatic rings. The number of anilines is 1. The van der Waals surface area contributed by atoms with Crippen LogP contribution < -0.4 is 9.64 Å². The molecule has 5 heteroatoms. The molecule has 3 heterocycles. The summed E-state index contributed by atoms with van der Waals surface area (Å²) in [7, 11) is 1.66. The molecule has 23 heavy (non-hydrogen) atoms. The van der Waals surface area contributed by atoms with Crippen molar-refractivity contribution in [3.63, 3.8) is 0 Å². The van der Waals surface area contributed by atoms with Gasteiger partial charge in [0.05, 0.1) is 23.4 Å². The number of rotatable bonds is 2. The molecule has 4 nitrogen and oxygen atoms in total. The zero-order valence-electron chi connectivity index (χ0n) is 12.9. The molecule has 0 amide bonds. The number of aryl methyl sites for hydroxylation is 1. The summed E-state index contributed by atoms with van der Waals surface area (Å²) in [5, 5.41) is 1.12. The molecule has 0 spiro atoms. The summed E-state index contributed by atoms with van der Waals surface area (Å²) >= 11 is 1.64. The van der Waals surface area contributed by atoms with Gasteiger partial charge in [0, 0.05) is 17.3 Å². The highest BCUT2D eigenvalue weighted by Crippen LogP contribution is 2.45. The number of ether oxygens (including phenoxy) is 1. The molecule has 0 aliphatic carbocycles. The predicted octanol–water partition coefficient (Wildman–Crippen LogP) is 4.76. The van der Waals surface area contributed by atoms with Crippen molar-refractivity contribution in [1.82, 2.24) is 4.98 Å². The average molecular weight is 321 g/mol. The average Bonchev–Trinajstić information content (AvgIpc) is 2.96. The molecule has 0 fully saturated rings. The second-order valence-electron chi connectivity index (χ2n) is 5.35. The van der Waals surface area contributed by atoms with Crippen molar-refractivity contribution in [3.8, 4) is 5.75 Å². The van der Waals surface area contributed by atoms with E-state index in [4.69, 9.17) is 4.74 Å². The van der Waals surface area contributed by atoms with Crippen molar-refractivity contribution in [2.45, 2.75) is 6.92 Å². The smallest absolute Gasteiger partial charge is 0.126 e. The minimum absolute atomic E-state index is 0.829. The van der Waals surface area contributed by atoms with E-state index in [1.54, 1.807) is 18.4 Å². The molecule has 1 aliphatic heterocycles. The van der Waals surface area contributed by atoms with Crippen molar-refractivity contribution in [2.24, 2.45) is 4.99 Å². The Labute approximate surface area is 138 Å². The van der Waals surface area contributed by atoms with E-state index in [-0.39, 0.29) is 0 Å². The summed E-state index contributed by atoms with van der Waals surface area (Å²) in [5.74, 6) is 0.829. The largest absolute Gasteiger partial charge is 0.497 e. The second-order valence-corrected chi connectivity index (χ2v) is 6.35. The normalized spacial score (nSPS) is 13.5. The van der Waals surface area contributed by atoms with Crippen molar-refractivity contribution >= 4 is 45.0 Å². The topological polar surface area (TPSA) is 37.7 Å². The van der Waals surface area contributed by atoms with E-state index in [2.05, 4.69) is 23.5 Å². The number of hydrogen-bond acceptors (Lipinski definition) is 5. The SMILES string of the molecule is C=C1c2sc3nccc(C)c3c2N=CN1c1ccc(OC)cc1. The highest BCUT2D eigenvalue weighted by Gasteiger charge is 2.23. The Morgan fingerprint density at radius 2 is 1.96 bits per heavy atom. The third kappa shape index (κ3) is 2.12. The van der Waals surface area contributed by atoms with Crippen LogP contribution in [0.3, 0.4) is 0 Å². The van der Waals surface area contributed by atoms with Gasteiger partial charge in [0.2, 0.25) is 0 Å². The summed E-state index contributed by atoms with van der Waals surface area (Å²) in [6.07, 6.45) is 3.67. The standard InChI is InChI=1S/C18H15N3OS/c1-11-8-9-19-18-15(11)16-17(23-18)12(2)21(10-20-16)13-4-6-14(22-3)7-5-13/h4-10H,2H2,1,3H3. The van der Waals surface area contributed by atoms with Crippen LogP contribution in [0, 0.1) is 6.92 Å². The van der Waals surface area contributed by atoms with E-state index in [9.17, 15) is 0 Å². The van der Waals surface area contributed by atoms with Crippen LogP contribution in [-0.4, -0.2) is 18.4 Å². The lowest BCUT2D eigenvalue weighted by molar-refractivity contribution is 0.415. The summed E-state index contributed by atoms with van der Waals surface area (Å²) in [6, 6.07) is 9.88. The lowest BCUT2D eigenvalue weighted by atomic mass is 10.1. The second kappa shape index (κ2) is 5.21. The first-order valence-corrected chi connectivity index (χ1v) is 8.05. The van der Waals surface area contributed by atoms with Crippen LogP contribution in [0.4, 0.5) is 11.4 Å². The van der Waals surface area contributed by atoms with Crippen LogP contribution in [-0.2, 0) is 0 Å². The maximum atomic E-state index is 5.21. The van der Waals surface area contributed by atoms with Gasteiger partial charge in [-0.2, -0.15) is 0 Å². The van der Waals surface area contributed by atoms with E-state index in [1.165, 1.54) is 5.56 Å². The number of pyridine rings is 1. The number of nitrogens with zero attached hydrogens (tertiary/aromatic N) is 3. The molecule has 0 bridgehead atoms. The fraction of sp³-hybridized carbons (Fsp3) is 0.111. The Bertz CT molecular complexity index is 941. The molecule has 0 saturated heterocycles. The summed E-state index contributed by atoms with van der Waals surface area (Å²) in [4.78, 5) is 13.2. The summed E-state index contributed by atoms with van der Waals surface area (Å²) < 4.78 is 5.21. The third-order valence-corrected chi connectivity index (χ3v) is 5.12. The maximum Gasteiger partial charge on any atom is 0.126 e. The fourth-order valence-corrected chi connectivity index (χ4v) is 3.87. The monoisotopic (exact) mass is 321 g/mol. The molecular formula is C18H15N3OS. The van der Waals surface area contributed by atoms with Gasteiger partial charge in [-0.15, -0.1) is 11.3 Å². The first-order chi connectivity index (χ1) is 11.2. The molecule has 0 saturated carbocycles. The van der Waals surface area contributed by atoms with Gasteiger partial charge in [-0.05, 0) is 42.8 Å². The molecule has 3 aromatic rings. The van der Waals surface area contributed by atoms with Gasteiger partial charge in [-0.25, -0.2) is 9.98 Å². The van der Waals surface area contributed by atoms with Gasteiger partial charge in [0.1, 0.15) is 16.9 Å². The van der Waals surface area contributed by atoms with Crippen molar-refractivity contribution in [1.29, 1.82) is 0 Å². The van der Waals surface area contributed by atoms with E-state index < -0.39 is 0 Å². The van der Waals surface area contributed by atoms with E-state index in [1.807, 2.05) is 47.8 Å². The fourth-order valence-electron chi connectivity index (χ4n) is 2.74. The van der Waals surface area contributed by atoms with Gasteiger partial charge >= 0.3 is 0 Å². The van der Waals surface area contributed by atoms with Crippen LogP contribution in [0.1, 0.15) is 10.4 Å². The van der Waals surface area contributed by atoms with Gasteiger partial charge in [0.15, 0.2) is 0 Å². The summed E-state index contributed by atoms with van der Waals surface area (Å²) in [6.45, 7) is 6.36. The molecular weight excluding hydrogens is 306 g/mol. The minimum atomic E-state index is 0.829. The van der Waals surface area contributed by atoms with Crippen LogP contribution in [0.2, 0.25) is 0 Å². The number of fused-ring (bicyclic) bond motifs is 3. The van der Waals surface area contributed by atoms with Crippen molar-refractivity contribution in [3.05, 3.63) is 53.5 Å². The number of aromatic nitrogens is 1. The van der Waals surface area contributed by atoms with Gasteiger partial charge in [0.25, 0.3) is 0 Å². The highest BCUT2D eigenvalue weighted by molar-refractivity contribution is 7.20. The molecule has 4 rings (SSSR count). The zero-order chi connectivity index (χ0) is 16.0. The van der Waals surface area contributed by atoms with Crippen LogP contribution in [0.5, 0.6) is 5.75 Å². The molecule has 114 valence electrons. The van der Waals surface area contributed by atoms with E-state index >= 15 is 0 Å². The van der Waals surface area contributed by atoms with Gasteiger partial charge in [-0.3, -0.25) is 0 Å². The molecule has 1 aromatic carbocycles. The van der Waals surface area contributed by atoms with E-state index in [0.717, 1.165) is 37.9 Å². The number of hydrogen-bond donors (Lipinski definition) is 0. The Morgan fingerprint density at radius 1 is 1.17 bits per heavy atom. The lowest BCUT2D eigenvalue weighted by Gasteiger charge is -2.25. The number of benzene rings is 1. The minimum Gasteiger partial charge on any atom is -0.497 e. The summed E-state index contributed by atoms with van der Waals surface area (Å²) in [5.41, 5.74) is 4.09. The van der Waals surface area contributed by atoms with Crippen molar-refractivity contribution in [2.75, 3.05) is 12.0 Å². The Kier molecular flexibility index (Phi) is 3.16. The zero-order valence-corrected chi connectivity index (χ0v) is 13.7.